The number of hydrogen-bond donors (Lipinski definition) is 1. The monoisotopic (exact) mass is 293 g/mol. The van der Waals surface area contributed by atoms with Crippen LogP contribution in [0.5, 0.6) is 0 Å². The molecule has 0 bridgehead atoms. The molecule has 1 aliphatic heterocycles. The minimum absolute atomic E-state index is 0.0481. The Morgan fingerprint density at radius 2 is 2.10 bits per heavy atom. The fraction of sp³-hybridized carbons (Fsp3) is 0.800. The number of rotatable bonds is 1. The first-order chi connectivity index (χ1) is 9.81. The Kier molecular flexibility index (Phi) is 3.31. The summed E-state index contributed by atoms with van der Waals surface area (Å²) in [4.78, 5) is 12.2. The highest BCUT2D eigenvalue weighted by Gasteiger charge is 2.49. The van der Waals surface area contributed by atoms with Gasteiger partial charge in [0.15, 0.2) is 0 Å². The van der Waals surface area contributed by atoms with Crippen molar-refractivity contribution < 1.29 is 14.6 Å². The fourth-order valence-electron chi connectivity index (χ4n) is 3.54. The lowest BCUT2D eigenvalue weighted by Gasteiger charge is -2.38. The zero-order valence-corrected chi connectivity index (χ0v) is 12.9. The second kappa shape index (κ2) is 4.80. The molecule has 1 aromatic heterocycles. The van der Waals surface area contributed by atoms with Gasteiger partial charge in [0.2, 0.25) is 0 Å². The van der Waals surface area contributed by atoms with Gasteiger partial charge in [-0.1, -0.05) is 5.21 Å². The number of aliphatic hydroxyl groups excluding tert-OH is 1. The van der Waals surface area contributed by atoms with E-state index in [1.165, 1.54) is 0 Å². The molecule has 6 nitrogen and oxygen atoms in total. The minimum Gasteiger partial charge on any atom is -0.460 e. The van der Waals surface area contributed by atoms with Crippen LogP contribution in [-0.2, 0) is 16.1 Å². The summed E-state index contributed by atoms with van der Waals surface area (Å²) >= 11 is 0. The molecule has 1 fully saturated rings. The molecule has 1 N–H and O–H groups in total. The van der Waals surface area contributed by atoms with Gasteiger partial charge in [0.05, 0.1) is 24.4 Å². The Labute approximate surface area is 124 Å². The number of hydrogen-bond acceptors (Lipinski definition) is 5. The summed E-state index contributed by atoms with van der Waals surface area (Å²) in [6.07, 6.45) is 4.29. The molecule has 0 radical (unpaired) electrons. The van der Waals surface area contributed by atoms with Crippen molar-refractivity contribution in [3.05, 3.63) is 11.9 Å². The van der Waals surface area contributed by atoms with Gasteiger partial charge in [0.1, 0.15) is 11.7 Å². The van der Waals surface area contributed by atoms with Crippen LogP contribution < -0.4 is 0 Å². The third-order valence-electron chi connectivity index (χ3n) is 4.69. The van der Waals surface area contributed by atoms with Crippen LogP contribution in [0.4, 0.5) is 0 Å². The maximum absolute atomic E-state index is 12.2. The average Bonchev–Trinajstić information content (AvgIpc) is 2.92. The van der Waals surface area contributed by atoms with E-state index in [0.29, 0.717) is 6.54 Å². The van der Waals surface area contributed by atoms with Crippen molar-refractivity contribution in [3.8, 4) is 0 Å². The standard InChI is InChI=1S/C15H23N3O3/c1-14(2,3)21-13(20)10-4-6-15(7-5-10)9-18-11(12(15)19)8-16-17-18/h8,10,12,19H,4-7,9H2,1-3H3. The quantitative estimate of drug-likeness (QED) is 0.799. The molecule has 2 aliphatic rings. The van der Waals surface area contributed by atoms with Crippen molar-refractivity contribution in [1.29, 1.82) is 0 Å². The zero-order chi connectivity index (χ0) is 15.3. The molecule has 2 heterocycles. The maximum atomic E-state index is 12.2. The predicted molar refractivity (Wildman–Crippen MR) is 75.2 cm³/mol. The van der Waals surface area contributed by atoms with Crippen molar-refractivity contribution >= 4 is 5.97 Å². The Morgan fingerprint density at radius 1 is 1.43 bits per heavy atom. The van der Waals surface area contributed by atoms with Gasteiger partial charge in [-0.3, -0.25) is 4.79 Å². The lowest BCUT2D eigenvalue weighted by atomic mass is 9.68. The van der Waals surface area contributed by atoms with Gasteiger partial charge in [-0.2, -0.15) is 0 Å². The third kappa shape index (κ3) is 2.57. The van der Waals surface area contributed by atoms with Crippen LogP contribution in [-0.4, -0.2) is 31.7 Å². The van der Waals surface area contributed by atoms with Gasteiger partial charge in [-0.05, 0) is 46.5 Å². The summed E-state index contributed by atoms with van der Waals surface area (Å²) in [5.74, 6) is -0.155. The van der Waals surface area contributed by atoms with E-state index in [-0.39, 0.29) is 17.3 Å². The summed E-state index contributed by atoms with van der Waals surface area (Å²) in [7, 11) is 0. The Hall–Kier alpha value is -1.43. The highest BCUT2D eigenvalue weighted by molar-refractivity contribution is 5.73. The molecular weight excluding hydrogens is 270 g/mol. The van der Waals surface area contributed by atoms with Gasteiger partial charge < -0.3 is 9.84 Å². The number of aromatic nitrogens is 3. The van der Waals surface area contributed by atoms with Crippen LogP contribution in [0.3, 0.4) is 0 Å². The Bertz CT molecular complexity index is 539. The van der Waals surface area contributed by atoms with Gasteiger partial charge >= 0.3 is 5.97 Å². The van der Waals surface area contributed by atoms with E-state index >= 15 is 0 Å². The molecule has 0 aromatic carbocycles. The molecule has 1 aliphatic carbocycles. The highest BCUT2D eigenvalue weighted by Crippen LogP contribution is 2.52. The number of esters is 1. The van der Waals surface area contributed by atoms with Crippen LogP contribution in [0.2, 0.25) is 0 Å². The van der Waals surface area contributed by atoms with Crippen LogP contribution in [0.25, 0.3) is 0 Å². The second-order valence-corrected chi connectivity index (χ2v) is 7.39. The molecule has 116 valence electrons. The second-order valence-electron chi connectivity index (χ2n) is 7.39. The topological polar surface area (TPSA) is 77.2 Å². The predicted octanol–water partition coefficient (Wildman–Crippen LogP) is 1.84. The summed E-state index contributed by atoms with van der Waals surface area (Å²) < 4.78 is 7.26. The van der Waals surface area contributed by atoms with Crippen molar-refractivity contribution in [3.63, 3.8) is 0 Å². The first-order valence-corrected chi connectivity index (χ1v) is 7.60. The molecule has 1 aromatic rings. The average molecular weight is 293 g/mol. The molecular formula is C15H23N3O3. The number of ether oxygens (including phenoxy) is 1. The molecule has 0 amide bonds. The number of nitrogens with zero attached hydrogens (tertiary/aromatic N) is 3. The fourth-order valence-corrected chi connectivity index (χ4v) is 3.54. The highest BCUT2D eigenvalue weighted by atomic mass is 16.6. The van der Waals surface area contributed by atoms with Crippen molar-refractivity contribution in [2.75, 3.05) is 0 Å². The Balaban J connectivity index is 1.64. The van der Waals surface area contributed by atoms with Gasteiger partial charge in [-0.15, -0.1) is 5.10 Å². The van der Waals surface area contributed by atoms with E-state index in [9.17, 15) is 9.90 Å². The van der Waals surface area contributed by atoms with E-state index in [4.69, 9.17) is 4.74 Å². The normalized spacial score (nSPS) is 32.2. The van der Waals surface area contributed by atoms with Gasteiger partial charge in [0, 0.05) is 5.41 Å². The van der Waals surface area contributed by atoms with E-state index in [0.717, 1.165) is 31.4 Å². The van der Waals surface area contributed by atoms with Crippen LogP contribution in [0.15, 0.2) is 6.20 Å². The molecule has 1 spiro atoms. The zero-order valence-electron chi connectivity index (χ0n) is 12.9. The third-order valence-corrected chi connectivity index (χ3v) is 4.69. The lowest BCUT2D eigenvalue weighted by Crippen LogP contribution is -2.37. The molecule has 21 heavy (non-hydrogen) atoms. The smallest absolute Gasteiger partial charge is 0.309 e. The summed E-state index contributed by atoms with van der Waals surface area (Å²) in [5.41, 5.74) is 0.183. The van der Waals surface area contributed by atoms with Crippen molar-refractivity contribution in [1.82, 2.24) is 15.0 Å². The number of carbonyl (C=O) groups is 1. The molecule has 6 heteroatoms. The van der Waals surface area contributed by atoms with Gasteiger partial charge in [0.25, 0.3) is 0 Å². The first-order valence-electron chi connectivity index (χ1n) is 7.60. The summed E-state index contributed by atoms with van der Waals surface area (Å²) in [6.45, 7) is 6.37. The Morgan fingerprint density at radius 3 is 2.67 bits per heavy atom. The molecule has 1 unspecified atom stereocenters. The first kappa shape index (κ1) is 14.5. The number of fused-ring (bicyclic) bond motifs is 1. The maximum Gasteiger partial charge on any atom is 0.309 e. The van der Waals surface area contributed by atoms with Crippen molar-refractivity contribution in [2.45, 2.75) is 64.7 Å². The largest absolute Gasteiger partial charge is 0.460 e. The van der Waals surface area contributed by atoms with E-state index in [2.05, 4.69) is 10.3 Å². The lowest BCUT2D eigenvalue weighted by molar-refractivity contribution is -0.162. The molecule has 3 rings (SSSR count). The van der Waals surface area contributed by atoms with Gasteiger partial charge in [-0.25, -0.2) is 4.68 Å². The molecule has 1 saturated carbocycles. The molecule has 1 atom stereocenters. The van der Waals surface area contributed by atoms with Crippen molar-refractivity contribution in [2.24, 2.45) is 11.3 Å². The van der Waals surface area contributed by atoms with E-state index < -0.39 is 11.7 Å². The summed E-state index contributed by atoms with van der Waals surface area (Å²) in [5, 5.41) is 18.4. The summed E-state index contributed by atoms with van der Waals surface area (Å²) in [6, 6.07) is 0. The van der Waals surface area contributed by atoms with Crippen LogP contribution in [0, 0.1) is 11.3 Å². The van der Waals surface area contributed by atoms with E-state index in [1.54, 1.807) is 10.9 Å². The van der Waals surface area contributed by atoms with Crippen LogP contribution in [0.1, 0.15) is 58.3 Å². The number of carbonyl (C=O) groups excluding carboxylic acids is 1. The SMILES string of the molecule is CC(C)(C)OC(=O)C1CCC2(CC1)Cn1nncc1C2O. The van der Waals surface area contributed by atoms with Crippen LogP contribution >= 0.6 is 0 Å². The van der Waals surface area contributed by atoms with E-state index in [1.807, 2.05) is 20.8 Å². The molecule has 0 saturated heterocycles. The minimum atomic E-state index is -0.521. The number of aliphatic hydroxyl groups is 1.